The van der Waals surface area contributed by atoms with Crippen molar-refractivity contribution in [1.82, 2.24) is 10.4 Å². The number of nitrogens with one attached hydrogen (secondary N) is 1. The van der Waals surface area contributed by atoms with Crippen LogP contribution in [0.1, 0.15) is 32.6 Å². The van der Waals surface area contributed by atoms with Gasteiger partial charge in [0.2, 0.25) is 0 Å². The SMILES string of the molecule is CCCC1(CN(C)OC)CCCN1. The lowest BCUT2D eigenvalue weighted by Crippen LogP contribution is -2.48. The Morgan fingerprint density at radius 2 is 2.31 bits per heavy atom. The molecule has 13 heavy (non-hydrogen) atoms. The fraction of sp³-hybridized carbons (Fsp3) is 1.00. The minimum atomic E-state index is 0.319. The molecule has 1 aliphatic heterocycles. The van der Waals surface area contributed by atoms with Crippen LogP contribution in [0.15, 0.2) is 0 Å². The Morgan fingerprint density at radius 1 is 1.54 bits per heavy atom. The molecule has 0 saturated carbocycles. The van der Waals surface area contributed by atoms with Crippen LogP contribution in [-0.2, 0) is 4.84 Å². The lowest BCUT2D eigenvalue weighted by atomic mass is 9.92. The first-order chi connectivity index (χ1) is 6.22. The van der Waals surface area contributed by atoms with Crippen molar-refractivity contribution in [3.05, 3.63) is 0 Å². The molecule has 1 fully saturated rings. The van der Waals surface area contributed by atoms with Gasteiger partial charge in [0.05, 0.1) is 7.11 Å². The number of rotatable bonds is 5. The predicted molar refractivity (Wildman–Crippen MR) is 54.5 cm³/mol. The van der Waals surface area contributed by atoms with Gasteiger partial charge in [-0.15, -0.1) is 0 Å². The molecule has 0 aromatic heterocycles. The van der Waals surface area contributed by atoms with E-state index in [4.69, 9.17) is 4.84 Å². The lowest BCUT2D eigenvalue weighted by Gasteiger charge is -2.32. The molecular weight excluding hydrogens is 164 g/mol. The van der Waals surface area contributed by atoms with Crippen molar-refractivity contribution < 1.29 is 4.84 Å². The van der Waals surface area contributed by atoms with Crippen molar-refractivity contribution in [3.8, 4) is 0 Å². The van der Waals surface area contributed by atoms with Gasteiger partial charge < -0.3 is 10.2 Å². The van der Waals surface area contributed by atoms with Gasteiger partial charge in [0.25, 0.3) is 0 Å². The standard InChI is InChI=1S/C10H22N2O/c1-4-6-10(7-5-8-11-10)9-12(2)13-3/h11H,4-9H2,1-3H3. The van der Waals surface area contributed by atoms with Gasteiger partial charge in [0.1, 0.15) is 0 Å². The van der Waals surface area contributed by atoms with Crippen molar-refractivity contribution in [2.24, 2.45) is 0 Å². The van der Waals surface area contributed by atoms with Gasteiger partial charge in [0, 0.05) is 19.1 Å². The molecule has 1 N–H and O–H groups in total. The second kappa shape index (κ2) is 4.94. The zero-order valence-electron chi connectivity index (χ0n) is 9.10. The summed E-state index contributed by atoms with van der Waals surface area (Å²) >= 11 is 0. The molecule has 0 bridgehead atoms. The summed E-state index contributed by atoms with van der Waals surface area (Å²) in [4.78, 5) is 5.18. The molecule has 1 rings (SSSR count). The molecule has 0 aromatic rings. The van der Waals surface area contributed by atoms with Crippen LogP contribution >= 0.6 is 0 Å². The topological polar surface area (TPSA) is 24.5 Å². The van der Waals surface area contributed by atoms with E-state index >= 15 is 0 Å². The Bertz CT molecular complexity index is 144. The van der Waals surface area contributed by atoms with E-state index in [1.807, 2.05) is 12.1 Å². The maximum absolute atomic E-state index is 5.18. The van der Waals surface area contributed by atoms with Crippen LogP contribution in [0.25, 0.3) is 0 Å². The van der Waals surface area contributed by atoms with Gasteiger partial charge in [-0.05, 0) is 25.8 Å². The molecule has 3 heteroatoms. The average Bonchev–Trinajstić information content (AvgIpc) is 2.54. The zero-order chi connectivity index (χ0) is 9.73. The molecule has 0 amide bonds. The van der Waals surface area contributed by atoms with Crippen LogP contribution in [-0.4, -0.2) is 37.8 Å². The van der Waals surface area contributed by atoms with E-state index in [0.29, 0.717) is 5.54 Å². The van der Waals surface area contributed by atoms with Gasteiger partial charge in [-0.3, -0.25) is 0 Å². The van der Waals surface area contributed by atoms with E-state index in [2.05, 4.69) is 12.2 Å². The highest BCUT2D eigenvalue weighted by Gasteiger charge is 2.33. The van der Waals surface area contributed by atoms with Gasteiger partial charge >= 0.3 is 0 Å². The molecular formula is C10H22N2O. The van der Waals surface area contributed by atoms with E-state index in [0.717, 1.165) is 13.1 Å². The minimum absolute atomic E-state index is 0.319. The monoisotopic (exact) mass is 186 g/mol. The van der Waals surface area contributed by atoms with E-state index in [1.165, 1.54) is 25.7 Å². The Kier molecular flexibility index (Phi) is 4.16. The second-order valence-corrected chi connectivity index (χ2v) is 4.03. The first-order valence-corrected chi connectivity index (χ1v) is 5.23. The van der Waals surface area contributed by atoms with Crippen molar-refractivity contribution in [2.75, 3.05) is 27.2 Å². The molecule has 0 aromatic carbocycles. The quantitative estimate of drug-likeness (QED) is 0.657. The van der Waals surface area contributed by atoms with Crippen LogP contribution < -0.4 is 5.32 Å². The predicted octanol–water partition coefficient (Wildman–Crippen LogP) is 1.40. The van der Waals surface area contributed by atoms with Crippen molar-refractivity contribution in [2.45, 2.75) is 38.1 Å². The summed E-state index contributed by atoms with van der Waals surface area (Å²) < 4.78 is 0. The molecule has 1 saturated heterocycles. The number of nitrogens with zero attached hydrogens (tertiary/aromatic N) is 1. The molecule has 1 aliphatic rings. The van der Waals surface area contributed by atoms with Crippen LogP contribution in [0.2, 0.25) is 0 Å². The van der Waals surface area contributed by atoms with E-state index < -0.39 is 0 Å². The fourth-order valence-corrected chi connectivity index (χ4v) is 2.27. The highest BCUT2D eigenvalue weighted by Crippen LogP contribution is 2.25. The Morgan fingerprint density at radius 3 is 2.77 bits per heavy atom. The highest BCUT2D eigenvalue weighted by molar-refractivity contribution is 4.93. The average molecular weight is 186 g/mol. The summed E-state index contributed by atoms with van der Waals surface area (Å²) in [6.45, 7) is 4.41. The zero-order valence-corrected chi connectivity index (χ0v) is 9.10. The molecule has 3 nitrogen and oxygen atoms in total. The highest BCUT2D eigenvalue weighted by atomic mass is 16.7. The molecule has 1 atom stereocenters. The van der Waals surface area contributed by atoms with Crippen LogP contribution in [0.5, 0.6) is 0 Å². The Hall–Kier alpha value is -0.120. The minimum Gasteiger partial charge on any atom is -0.310 e. The second-order valence-electron chi connectivity index (χ2n) is 4.03. The lowest BCUT2D eigenvalue weighted by molar-refractivity contribution is -0.123. The molecule has 1 unspecified atom stereocenters. The van der Waals surface area contributed by atoms with Crippen molar-refractivity contribution in [1.29, 1.82) is 0 Å². The Balaban J connectivity index is 2.46. The van der Waals surface area contributed by atoms with E-state index in [-0.39, 0.29) is 0 Å². The molecule has 0 radical (unpaired) electrons. The van der Waals surface area contributed by atoms with Gasteiger partial charge in [-0.1, -0.05) is 13.3 Å². The summed E-state index contributed by atoms with van der Waals surface area (Å²) in [6.07, 6.45) is 5.08. The number of hydroxylamine groups is 2. The third-order valence-corrected chi connectivity index (χ3v) is 2.90. The fourth-order valence-electron chi connectivity index (χ4n) is 2.27. The maximum atomic E-state index is 5.18. The summed E-state index contributed by atoms with van der Waals surface area (Å²) in [6, 6.07) is 0. The number of likely N-dealkylation sites (N-methyl/N-ethyl adjacent to an activating group) is 1. The van der Waals surface area contributed by atoms with Crippen LogP contribution in [0.3, 0.4) is 0 Å². The van der Waals surface area contributed by atoms with Gasteiger partial charge in [0.15, 0.2) is 0 Å². The molecule has 1 heterocycles. The Labute approximate surface area is 81.4 Å². The molecule has 78 valence electrons. The first kappa shape index (κ1) is 11.0. The van der Waals surface area contributed by atoms with E-state index in [9.17, 15) is 0 Å². The smallest absolute Gasteiger partial charge is 0.0575 e. The normalized spacial score (nSPS) is 28.6. The third kappa shape index (κ3) is 2.93. The summed E-state index contributed by atoms with van der Waals surface area (Å²) in [5.41, 5.74) is 0.319. The summed E-state index contributed by atoms with van der Waals surface area (Å²) in [5, 5.41) is 5.54. The summed E-state index contributed by atoms with van der Waals surface area (Å²) in [5.74, 6) is 0. The molecule has 0 aliphatic carbocycles. The largest absolute Gasteiger partial charge is 0.310 e. The third-order valence-electron chi connectivity index (χ3n) is 2.90. The first-order valence-electron chi connectivity index (χ1n) is 5.23. The number of hydrogen-bond acceptors (Lipinski definition) is 3. The van der Waals surface area contributed by atoms with Gasteiger partial charge in [-0.25, -0.2) is 0 Å². The number of hydrogen-bond donors (Lipinski definition) is 1. The van der Waals surface area contributed by atoms with Gasteiger partial charge in [-0.2, -0.15) is 5.06 Å². The maximum Gasteiger partial charge on any atom is 0.0575 e. The van der Waals surface area contributed by atoms with Crippen LogP contribution in [0, 0.1) is 0 Å². The van der Waals surface area contributed by atoms with Crippen molar-refractivity contribution >= 4 is 0 Å². The van der Waals surface area contributed by atoms with Crippen molar-refractivity contribution in [3.63, 3.8) is 0 Å². The van der Waals surface area contributed by atoms with Crippen LogP contribution in [0.4, 0.5) is 0 Å². The van der Waals surface area contributed by atoms with E-state index in [1.54, 1.807) is 7.11 Å². The molecule has 0 spiro atoms. The summed E-state index contributed by atoms with van der Waals surface area (Å²) in [7, 11) is 3.73.